The predicted octanol–water partition coefficient (Wildman–Crippen LogP) is 10.2. The summed E-state index contributed by atoms with van der Waals surface area (Å²) >= 11 is 0. The number of hydrogen-bond acceptors (Lipinski definition) is 11. The molecule has 64 heavy (non-hydrogen) atoms. The third-order valence-corrected chi connectivity index (χ3v) is 10.1. The first-order valence-corrected chi connectivity index (χ1v) is 24.7. The smallest absolute Gasteiger partial charge is 0.397 e. The molecule has 0 aliphatic carbocycles. The van der Waals surface area contributed by atoms with Gasteiger partial charge in [-0.05, 0) is 89.9 Å². The van der Waals surface area contributed by atoms with Crippen molar-refractivity contribution >= 4 is 16.4 Å². The molecule has 0 aromatic rings. The topological polar surface area (TPSA) is 178 Å². The lowest BCUT2D eigenvalue weighted by Gasteiger charge is -2.41. The van der Waals surface area contributed by atoms with Crippen LogP contribution in [0.15, 0.2) is 122 Å². The summed E-state index contributed by atoms with van der Waals surface area (Å²) in [5, 5.41) is 30.7. The minimum Gasteiger partial charge on any atom is -0.457 e. The van der Waals surface area contributed by atoms with Crippen LogP contribution < -0.4 is 0 Å². The molecule has 4 N–H and O–H groups in total. The summed E-state index contributed by atoms with van der Waals surface area (Å²) in [4.78, 5) is 12.8. The molecule has 0 spiro atoms. The molecule has 1 heterocycles. The number of carbonyl (C=O) groups excluding carboxylic acids is 1. The Hall–Kier alpha value is -3.50. The van der Waals surface area contributed by atoms with Crippen LogP contribution in [-0.4, -0.2) is 97.5 Å². The van der Waals surface area contributed by atoms with E-state index in [0.717, 1.165) is 103 Å². The van der Waals surface area contributed by atoms with Crippen molar-refractivity contribution in [1.82, 2.24) is 0 Å². The zero-order valence-electron chi connectivity index (χ0n) is 38.5. The van der Waals surface area contributed by atoms with Crippen LogP contribution in [0.3, 0.4) is 0 Å². The Labute approximate surface area is 385 Å². The Morgan fingerprint density at radius 1 is 0.594 bits per heavy atom. The van der Waals surface area contributed by atoms with Crippen molar-refractivity contribution in [3.05, 3.63) is 122 Å². The SMILES string of the molecule is CC/C=C\C/C=C\C/C=C\C/C=C\C/C=C\C/C=C\CCCCCCCOCC(COC1OC(CO)C(O)C(OS(=O)(=O)O)C1O)OC(=O)CC/C=C\C/C=C\C/C=C\C/C=C\CC. The van der Waals surface area contributed by atoms with E-state index in [2.05, 4.69) is 127 Å². The van der Waals surface area contributed by atoms with Crippen LogP contribution in [0, 0.1) is 0 Å². The van der Waals surface area contributed by atoms with Gasteiger partial charge in [0.2, 0.25) is 0 Å². The van der Waals surface area contributed by atoms with Crippen molar-refractivity contribution in [2.75, 3.05) is 26.4 Å². The molecule has 0 aromatic carbocycles. The van der Waals surface area contributed by atoms with Gasteiger partial charge in [-0.25, -0.2) is 4.18 Å². The first-order valence-electron chi connectivity index (χ1n) is 23.3. The van der Waals surface area contributed by atoms with E-state index in [9.17, 15) is 28.5 Å². The Morgan fingerprint density at radius 2 is 1.03 bits per heavy atom. The van der Waals surface area contributed by atoms with E-state index in [-0.39, 0.29) is 19.6 Å². The molecule has 12 nitrogen and oxygen atoms in total. The van der Waals surface area contributed by atoms with E-state index < -0.39 is 59.8 Å². The van der Waals surface area contributed by atoms with Crippen LogP contribution in [0.25, 0.3) is 0 Å². The van der Waals surface area contributed by atoms with Gasteiger partial charge in [-0.2, -0.15) is 8.42 Å². The Kier molecular flexibility index (Phi) is 37.5. The summed E-state index contributed by atoms with van der Waals surface area (Å²) in [5.74, 6) is -0.493. The van der Waals surface area contributed by atoms with E-state index in [4.69, 9.17) is 23.5 Å². The Morgan fingerprint density at radius 3 is 1.50 bits per heavy atom. The number of esters is 1. The normalized spacial score (nSPS) is 20.9. The summed E-state index contributed by atoms with van der Waals surface area (Å²) in [5.41, 5.74) is 0. The second-order valence-corrected chi connectivity index (χ2v) is 16.3. The highest BCUT2D eigenvalue weighted by Gasteiger charge is 2.48. The standard InChI is InChI=1S/C51H80O12S/c1-3-5-7-9-11-13-15-17-18-19-20-21-22-23-24-25-26-27-29-31-33-35-37-39-41-59-43-45(44-60-51-49(55)50(63-64(56,57)58)48(54)46(42-52)62-51)61-47(53)40-38-36-34-32-30-28-16-14-12-10-8-6-4-2/h5-8,11-14,17-18,20-21,23-24,26-28,30,34,36,45-46,48-52,54-55H,3-4,9-10,15-16,19,22,25,29,31-33,35,37-44H2,1-2H3,(H,56,57,58)/b7-5-,8-6-,13-11-,14-12-,18-17-,21-20-,24-23-,27-26-,30-28-,36-34-. The molecular formula is C51H80O12S. The van der Waals surface area contributed by atoms with Crippen LogP contribution in [0.1, 0.15) is 129 Å². The molecule has 1 rings (SSSR count). The second kappa shape index (κ2) is 41.0. The number of hydrogen-bond donors (Lipinski definition) is 4. The van der Waals surface area contributed by atoms with E-state index in [1.807, 2.05) is 12.2 Å². The minimum absolute atomic E-state index is 0.0157. The number of rotatable bonds is 38. The summed E-state index contributed by atoms with van der Waals surface area (Å²) < 4.78 is 58.9. The highest BCUT2D eigenvalue weighted by Crippen LogP contribution is 2.26. The number of unbranched alkanes of at least 4 members (excludes halogenated alkanes) is 5. The van der Waals surface area contributed by atoms with Gasteiger partial charge < -0.3 is 34.3 Å². The van der Waals surface area contributed by atoms with Gasteiger partial charge in [0.25, 0.3) is 0 Å². The molecule has 0 aromatic heterocycles. The average Bonchev–Trinajstić information content (AvgIpc) is 3.27. The van der Waals surface area contributed by atoms with Gasteiger partial charge in [0.05, 0.1) is 19.8 Å². The van der Waals surface area contributed by atoms with E-state index >= 15 is 0 Å². The molecule has 1 saturated heterocycles. The minimum atomic E-state index is -5.08. The quantitative estimate of drug-likeness (QED) is 0.0200. The zero-order chi connectivity index (χ0) is 46.8. The van der Waals surface area contributed by atoms with Gasteiger partial charge in [-0.15, -0.1) is 0 Å². The molecule has 0 amide bonds. The maximum absolute atomic E-state index is 12.8. The van der Waals surface area contributed by atoms with Gasteiger partial charge in [0, 0.05) is 13.0 Å². The molecule has 13 heteroatoms. The highest BCUT2D eigenvalue weighted by atomic mass is 32.3. The molecular weight excluding hydrogens is 837 g/mol. The number of ether oxygens (including phenoxy) is 4. The molecule has 0 saturated carbocycles. The van der Waals surface area contributed by atoms with Crippen molar-refractivity contribution < 1.29 is 56.2 Å². The van der Waals surface area contributed by atoms with Crippen LogP contribution in [0.4, 0.5) is 0 Å². The lowest BCUT2D eigenvalue weighted by atomic mass is 9.99. The van der Waals surface area contributed by atoms with Crippen molar-refractivity contribution in [2.45, 2.75) is 166 Å². The largest absolute Gasteiger partial charge is 0.457 e. The third kappa shape index (κ3) is 33.9. The molecule has 0 bridgehead atoms. The lowest BCUT2D eigenvalue weighted by Crippen LogP contribution is -2.60. The maximum atomic E-state index is 12.8. The van der Waals surface area contributed by atoms with Crippen molar-refractivity contribution in [3.63, 3.8) is 0 Å². The van der Waals surface area contributed by atoms with Crippen LogP contribution >= 0.6 is 0 Å². The van der Waals surface area contributed by atoms with Gasteiger partial charge in [-0.3, -0.25) is 9.35 Å². The number of allylic oxidation sites excluding steroid dienone is 20. The molecule has 6 atom stereocenters. The molecule has 1 aliphatic rings. The van der Waals surface area contributed by atoms with Crippen LogP contribution in [0.5, 0.6) is 0 Å². The second-order valence-electron chi connectivity index (χ2n) is 15.2. The zero-order valence-corrected chi connectivity index (χ0v) is 39.3. The molecule has 362 valence electrons. The van der Waals surface area contributed by atoms with Gasteiger partial charge >= 0.3 is 16.4 Å². The highest BCUT2D eigenvalue weighted by molar-refractivity contribution is 7.80. The third-order valence-electron chi connectivity index (χ3n) is 9.59. The van der Waals surface area contributed by atoms with Gasteiger partial charge in [0.1, 0.15) is 30.5 Å². The first-order chi connectivity index (χ1) is 31.1. The van der Waals surface area contributed by atoms with Crippen molar-refractivity contribution in [3.8, 4) is 0 Å². The molecule has 0 radical (unpaired) electrons. The van der Waals surface area contributed by atoms with E-state index in [1.165, 1.54) is 0 Å². The van der Waals surface area contributed by atoms with Gasteiger partial charge in [0.15, 0.2) is 6.29 Å². The summed E-state index contributed by atoms with van der Waals surface area (Å²) in [6.45, 7) is 3.58. The van der Waals surface area contributed by atoms with Gasteiger partial charge in [-0.1, -0.05) is 155 Å². The maximum Gasteiger partial charge on any atom is 0.397 e. The summed E-state index contributed by atoms with van der Waals surface area (Å²) in [6, 6.07) is 0. The van der Waals surface area contributed by atoms with E-state index in [1.54, 1.807) is 0 Å². The van der Waals surface area contributed by atoms with Crippen LogP contribution in [0.2, 0.25) is 0 Å². The fourth-order valence-corrected chi connectivity index (χ4v) is 6.67. The lowest BCUT2D eigenvalue weighted by molar-refractivity contribution is -0.301. The van der Waals surface area contributed by atoms with Crippen LogP contribution in [-0.2, 0) is 38.3 Å². The fraction of sp³-hybridized carbons (Fsp3) is 0.588. The number of carbonyl (C=O) groups is 1. The first kappa shape index (κ1) is 58.5. The van der Waals surface area contributed by atoms with Crippen molar-refractivity contribution in [2.24, 2.45) is 0 Å². The summed E-state index contributed by atoms with van der Waals surface area (Å²) in [7, 11) is -5.08. The predicted molar refractivity (Wildman–Crippen MR) is 257 cm³/mol. The molecule has 6 unspecified atom stereocenters. The number of aliphatic hydroxyl groups excluding tert-OH is 3. The number of aliphatic hydroxyl groups is 3. The van der Waals surface area contributed by atoms with Crippen molar-refractivity contribution in [1.29, 1.82) is 0 Å². The average molecular weight is 917 g/mol. The summed E-state index contributed by atoms with van der Waals surface area (Å²) in [6.07, 6.45) is 49.7. The monoisotopic (exact) mass is 917 g/mol. The molecule has 1 fully saturated rings. The molecule has 1 aliphatic heterocycles. The Bertz CT molecular complexity index is 1570. The van der Waals surface area contributed by atoms with E-state index in [0.29, 0.717) is 13.0 Å². The Balaban J connectivity index is 2.44. The fourth-order valence-electron chi connectivity index (χ4n) is 6.16.